The van der Waals surface area contributed by atoms with Gasteiger partial charge in [-0.15, -0.1) is 0 Å². The van der Waals surface area contributed by atoms with E-state index in [1.807, 2.05) is 60.7 Å². The van der Waals surface area contributed by atoms with Gasteiger partial charge in [-0.3, -0.25) is 24.1 Å². The number of carbonyl (C=O) groups is 4. The Bertz CT molecular complexity index is 2150. The molecule has 15 heteroatoms. The normalized spacial score (nSPS) is 26.2. The molecule has 1 aromatic heterocycles. The summed E-state index contributed by atoms with van der Waals surface area (Å²) in [6, 6.07) is 16.9. The number of benzene rings is 2. The van der Waals surface area contributed by atoms with Gasteiger partial charge in [0, 0.05) is 35.5 Å². The summed E-state index contributed by atoms with van der Waals surface area (Å²) in [4.78, 5) is 60.7. The molecule has 0 radical (unpaired) electrons. The van der Waals surface area contributed by atoms with Crippen molar-refractivity contribution in [2.45, 2.75) is 94.6 Å². The highest BCUT2D eigenvalue weighted by atomic mass is 32.2. The van der Waals surface area contributed by atoms with Crippen molar-refractivity contribution in [3.8, 4) is 22.8 Å². The number of allylic oxidation sites excluding steroid dienone is 1. The molecule has 3 saturated carbocycles. The first kappa shape index (κ1) is 39.1. The average Bonchev–Trinajstić information content (AvgIpc) is 4.08. The lowest BCUT2D eigenvalue weighted by atomic mass is 9.93. The largest absolute Gasteiger partial charge is 0.497 e. The first-order valence-electron chi connectivity index (χ1n) is 19.2. The minimum Gasteiger partial charge on any atom is -0.497 e. The summed E-state index contributed by atoms with van der Waals surface area (Å²) in [5.41, 5.74) is 2.45. The molecule has 14 nitrogen and oxygen atoms in total. The van der Waals surface area contributed by atoms with E-state index in [0.717, 1.165) is 5.56 Å². The van der Waals surface area contributed by atoms with E-state index in [4.69, 9.17) is 19.2 Å². The summed E-state index contributed by atoms with van der Waals surface area (Å²) in [5.74, 6) is -3.13. The Labute approximate surface area is 326 Å². The molecule has 298 valence electrons. The Morgan fingerprint density at radius 3 is 2.46 bits per heavy atom. The van der Waals surface area contributed by atoms with Crippen LogP contribution < -0.4 is 24.9 Å². The summed E-state index contributed by atoms with van der Waals surface area (Å²) in [5, 5.41) is 4.21. The number of nitrogens with zero attached hydrogens (tertiary/aromatic N) is 2. The molecule has 0 saturated heterocycles. The highest BCUT2D eigenvalue weighted by molar-refractivity contribution is 7.91. The lowest BCUT2D eigenvalue weighted by molar-refractivity contribution is -0.144. The molecule has 3 aromatic rings. The maximum atomic E-state index is 14.6. The Hall–Kier alpha value is -5.18. The third-order valence-corrected chi connectivity index (χ3v) is 12.6. The zero-order valence-electron chi connectivity index (χ0n) is 32.1. The number of amides is 4. The van der Waals surface area contributed by atoms with Crippen LogP contribution in [0, 0.1) is 17.8 Å². The van der Waals surface area contributed by atoms with E-state index < -0.39 is 74.1 Å². The second-order valence-corrected chi connectivity index (χ2v) is 18.1. The molecule has 2 heterocycles. The molecule has 3 N–H and O–H groups in total. The lowest BCUT2D eigenvalue weighted by Gasteiger charge is -2.30. The number of methoxy groups -OCH3 is 1. The van der Waals surface area contributed by atoms with Gasteiger partial charge in [-0.25, -0.2) is 23.6 Å². The van der Waals surface area contributed by atoms with Gasteiger partial charge in [0.1, 0.15) is 28.7 Å². The second kappa shape index (κ2) is 15.4. The number of carbonyl (C=O) groups excluding carboxylic acids is 4. The number of aromatic nitrogens is 1. The Kier molecular flexibility index (Phi) is 10.7. The van der Waals surface area contributed by atoms with Crippen molar-refractivity contribution in [1.82, 2.24) is 25.5 Å². The van der Waals surface area contributed by atoms with E-state index in [1.165, 1.54) is 5.01 Å². The average molecular weight is 788 g/mol. The molecule has 7 rings (SSSR count). The van der Waals surface area contributed by atoms with Crippen molar-refractivity contribution >= 4 is 44.7 Å². The Balaban J connectivity index is 1.22. The molecule has 3 fully saturated rings. The van der Waals surface area contributed by atoms with E-state index in [1.54, 1.807) is 33.9 Å². The van der Waals surface area contributed by atoms with E-state index in [2.05, 4.69) is 15.5 Å². The summed E-state index contributed by atoms with van der Waals surface area (Å²) in [7, 11) is -2.32. The maximum Gasteiger partial charge on any atom is 0.426 e. The molecule has 2 aromatic carbocycles. The molecule has 5 atom stereocenters. The van der Waals surface area contributed by atoms with Gasteiger partial charge in [0.05, 0.1) is 35.4 Å². The van der Waals surface area contributed by atoms with Crippen molar-refractivity contribution < 1.29 is 41.8 Å². The lowest BCUT2D eigenvalue weighted by Crippen LogP contribution is -2.55. The van der Waals surface area contributed by atoms with Gasteiger partial charge >= 0.3 is 6.09 Å². The predicted molar refractivity (Wildman–Crippen MR) is 207 cm³/mol. The number of rotatable bonds is 8. The van der Waals surface area contributed by atoms with Crippen LogP contribution in [0.15, 0.2) is 66.7 Å². The molecule has 0 bridgehead atoms. The molecule has 0 spiro atoms. The Morgan fingerprint density at radius 2 is 1.75 bits per heavy atom. The molecular weight excluding hydrogens is 739 g/mol. The molecule has 4 aliphatic rings. The molecule has 56 heavy (non-hydrogen) atoms. The maximum absolute atomic E-state index is 14.6. The van der Waals surface area contributed by atoms with Crippen LogP contribution in [0.4, 0.5) is 4.79 Å². The van der Waals surface area contributed by atoms with E-state index in [9.17, 15) is 27.6 Å². The minimum atomic E-state index is -3.89. The molecule has 3 aliphatic carbocycles. The zero-order valence-corrected chi connectivity index (χ0v) is 32.9. The van der Waals surface area contributed by atoms with Crippen molar-refractivity contribution in [3.63, 3.8) is 0 Å². The van der Waals surface area contributed by atoms with Gasteiger partial charge < -0.3 is 19.5 Å². The SMILES string of the molecule is COc1ccc2c(O[C@@H]3C[C@H]4C(=O)NC5(C(=O)NS(=O)(=O)C6CC6)C[C@H]5/C=C\CCCCN(NC(=O)OC(C)(C)C)C(=O)[C@@H]4C3)cc(-c3ccccc3)nc2c1. The fourth-order valence-corrected chi connectivity index (χ4v) is 8.95. The van der Waals surface area contributed by atoms with Crippen molar-refractivity contribution in [2.75, 3.05) is 13.7 Å². The Morgan fingerprint density at radius 1 is 1.00 bits per heavy atom. The van der Waals surface area contributed by atoms with Crippen LogP contribution in [0.5, 0.6) is 11.5 Å². The summed E-state index contributed by atoms with van der Waals surface area (Å²) in [6.45, 7) is 5.34. The first-order chi connectivity index (χ1) is 26.7. The highest BCUT2D eigenvalue weighted by Crippen LogP contribution is 2.47. The van der Waals surface area contributed by atoms with Crippen molar-refractivity contribution in [2.24, 2.45) is 17.8 Å². The van der Waals surface area contributed by atoms with Gasteiger partial charge in [0.15, 0.2) is 0 Å². The number of ether oxygens (including phenoxy) is 3. The summed E-state index contributed by atoms with van der Waals surface area (Å²) < 4.78 is 45.6. The van der Waals surface area contributed by atoms with Crippen LogP contribution in [0.25, 0.3) is 22.2 Å². The third-order valence-electron chi connectivity index (χ3n) is 10.7. The van der Waals surface area contributed by atoms with Crippen LogP contribution >= 0.6 is 0 Å². The fourth-order valence-electron chi connectivity index (χ4n) is 7.59. The smallest absolute Gasteiger partial charge is 0.426 e. The number of hydrazine groups is 1. The minimum absolute atomic E-state index is 0.0989. The topological polar surface area (TPSA) is 182 Å². The zero-order chi connectivity index (χ0) is 39.8. The van der Waals surface area contributed by atoms with Gasteiger partial charge in [0.2, 0.25) is 21.8 Å². The van der Waals surface area contributed by atoms with E-state index in [-0.39, 0.29) is 25.8 Å². The monoisotopic (exact) mass is 787 g/mol. The quantitative estimate of drug-likeness (QED) is 0.258. The van der Waals surface area contributed by atoms with Gasteiger partial charge in [-0.1, -0.05) is 42.5 Å². The number of hydrogen-bond acceptors (Lipinski definition) is 10. The van der Waals surface area contributed by atoms with Crippen LogP contribution in [-0.4, -0.2) is 78.4 Å². The van der Waals surface area contributed by atoms with Gasteiger partial charge in [0.25, 0.3) is 5.91 Å². The van der Waals surface area contributed by atoms with Gasteiger partial charge in [-0.05, 0) is 84.3 Å². The number of fused-ring (bicyclic) bond motifs is 3. The predicted octanol–water partition coefficient (Wildman–Crippen LogP) is 5.18. The van der Waals surface area contributed by atoms with Gasteiger partial charge in [-0.2, -0.15) is 0 Å². The third kappa shape index (κ3) is 8.62. The summed E-state index contributed by atoms with van der Waals surface area (Å²) >= 11 is 0. The number of sulfonamides is 1. The van der Waals surface area contributed by atoms with Crippen LogP contribution in [0.2, 0.25) is 0 Å². The number of pyridine rings is 1. The molecule has 1 aliphatic heterocycles. The van der Waals surface area contributed by atoms with E-state index in [0.29, 0.717) is 60.2 Å². The molecule has 1 unspecified atom stereocenters. The standard InChI is InChI=1S/C41H49N5O9S/c1-40(2,3)55-39(50)44-46-19-11-6-5-10-14-26-24-41(26,38(49)45-56(51,52)29-16-17-29)43-36(47)31-20-28(21-32(31)37(46)48)54-35-23-33(25-12-8-7-9-13-25)42-34-22-27(53-4)15-18-30(34)35/h7-10,12-15,18,22-23,26,28-29,31-32H,5-6,11,16-17,19-21,24H2,1-4H3,(H,43,47)(H,44,50)(H,45,49)/b14-10-/t26-,28-,31-,32-,41?/m1/s1. The highest BCUT2D eigenvalue weighted by Gasteiger charge is 2.62. The number of hydrogen-bond donors (Lipinski definition) is 3. The fraction of sp³-hybridized carbons (Fsp3) is 0.488. The van der Waals surface area contributed by atoms with Crippen LogP contribution in [0.1, 0.15) is 72.1 Å². The van der Waals surface area contributed by atoms with Crippen LogP contribution in [0.3, 0.4) is 0 Å². The molecule has 4 amide bonds. The number of nitrogens with one attached hydrogen (secondary N) is 3. The first-order valence-corrected chi connectivity index (χ1v) is 20.8. The second-order valence-electron chi connectivity index (χ2n) is 16.2. The van der Waals surface area contributed by atoms with Crippen molar-refractivity contribution in [1.29, 1.82) is 0 Å². The van der Waals surface area contributed by atoms with Crippen LogP contribution in [-0.2, 0) is 29.1 Å². The molecular formula is C41H49N5O9S. The van der Waals surface area contributed by atoms with Crippen molar-refractivity contribution in [3.05, 3.63) is 66.7 Å². The summed E-state index contributed by atoms with van der Waals surface area (Å²) in [6.07, 6.45) is 5.47. The van der Waals surface area contributed by atoms with E-state index >= 15 is 0 Å².